The number of carbonyl (C=O) groups is 1. The van der Waals surface area contributed by atoms with Crippen LogP contribution in [0.15, 0.2) is 91.4 Å². The summed E-state index contributed by atoms with van der Waals surface area (Å²) in [6.07, 6.45) is 9.80. The van der Waals surface area contributed by atoms with Crippen molar-refractivity contribution in [2.75, 3.05) is 25.0 Å². The van der Waals surface area contributed by atoms with Gasteiger partial charge in [0.2, 0.25) is 0 Å². The number of rotatable bonds is 10. The predicted octanol–water partition coefficient (Wildman–Crippen LogP) is 4.79. The van der Waals surface area contributed by atoms with E-state index in [0.29, 0.717) is 17.7 Å². The molecule has 1 amide bonds. The number of hydrogen-bond donors (Lipinski definition) is 1. The van der Waals surface area contributed by atoms with Crippen LogP contribution in [0.2, 0.25) is 0 Å². The first-order chi connectivity index (χ1) is 15.6. The van der Waals surface area contributed by atoms with E-state index in [4.69, 9.17) is 0 Å². The Morgan fingerprint density at radius 3 is 2.56 bits per heavy atom. The van der Waals surface area contributed by atoms with E-state index in [9.17, 15) is 4.79 Å². The molecule has 0 heterocycles. The topological polar surface area (TPSA) is 47.9 Å². The van der Waals surface area contributed by atoms with Crippen LogP contribution in [0.25, 0.3) is 0 Å². The van der Waals surface area contributed by atoms with Gasteiger partial charge in [0.15, 0.2) is 0 Å². The van der Waals surface area contributed by atoms with Crippen LogP contribution in [-0.2, 0) is 0 Å². The van der Waals surface area contributed by atoms with Crippen LogP contribution in [0.4, 0.5) is 5.69 Å². The summed E-state index contributed by atoms with van der Waals surface area (Å²) in [5.41, 5.74) is 2.97. The number of allylic oxidation sites excluding steroid dienone is 1. The van der Waals surface area contributed by atoms with E-state index in [1.807, 2.05) is 60.5 Å². The molecule has 0 bridgehead atoms. The summed E-state index contributed by atoms with van der Waals surface area (Å²) < 4.78 is 0. The Morgan fingerprint density at radius 1 is 1.12 bits per heavy atom. The largest absolute Gasteiger partial charge is 0.355 e. The Morgan fingerprint density at radius 2 is 1.91 bits per heavy atom. The number of nitrogens with zero attached hydrogens (tertiary/aromatic N) is 3. The molecule has 2 rings (SSSR count). The average molecular weight is 427 g/mol. The van der Waals surface area contributed by atoms with Crippen LogP contribution >= 0.6 is 0 Å². The van der Waals surface area contributed by atoms with Gasteiger partial charge in [0.1, 0.15) is 0 Å². The summed E-state index contributed by atoms with van der Waals surface area (Å²) >= 11 is 0. The van der Waals surface area contributed by atoms with Gasteiger partial charge in [-0.25, -0.2) is 0 Å². The Balaban J connectivity index is 2.21. The highest BCUT2D eigenvalue weighted by molar-refractivity contribution is 5.96. The van der Waals surface area contributed by atoms with Gasteiger partial charge >= 0.3 is 0 Å². The Bertz CT molecular complexity index is 1030. The summed E-state index contributed by atoms with van der Waals surface area (Å²) in [6, 6.07) is 15.2. The van der Waals surface area contributed by atoms with Gasteiger partial charge in [-0.2, -0.15) is 0 Å². The fraction of sp³-hybridized carbons (Fsp3) is 0.185. The standard InChI is InChI=1S/C27H30N4O/c1-5-19-30(6-2)20-11-18-29-27(32)25-16-17-26(31(7-3)22-28-4)24(21-25)15-14-23-12-9-8-10-13-23/h5-10,12-13,16-17,19,21-22H,2-3,11,18,20H2,1,4H3,(H,29,32)/b19-5-,28-22?. The molecule has 5 nitrogen and oxygen atoms in total. The fourth-order valence-electron chi connectivity index (χ4n) is 2.98. The van der Waals surface area contributed by atoms with Gasteiger partial charge in [-0.05, 0) is 56.1 Å². The van der Waals surface area contributed by atoms with E-state index in [2.05, 4.69) is 35.3 Å². The van der Waals surface area contributed by atoms with Gasteiger partial charge in [0.05, 0.1) is 12.0 Å². The zero-order valence-corrected chi connectivity index (χ0v) is 18.8. The zero-order chi connectivity index (χ0) is 23.2. The van der Waals surface area contributed by atoms with Crippen LogP contribution in [0.5, 0.6) is 0 Å². The van der Waals surface area contributed by atoms with Crippen LogP contribution in [0.3, 0.4) is 0 Å². The molecule has 0 spiro atoms. The maximum Gasteiger partial charge on any atom is 0.251 e. The molecule has 0 atom stereocenters. The lowest BCUT2D eigenvalue weighted by molar-refractivity contribution is 0.0952. The lowest BCUT2D eigenvalue weighted by Gasteiger charge is -2.17. The zero-order valence-electron chi connectivity index (χ0n) is 18.8. The minimum absolute atomic E-state index is 0.134. The van der Waals surface area contributed by atoms with E-state index < -0.39 is 0 Å². The quantitative estimate of drug-likeness (QED) is 0.257. The Labute approximate surface area is 191 Å². The van der Waals surface area contributed by atoms with Crippen molar-refractivity contribution in [2.24, 2.45) is 4.99 Å². The SMILES string of the molecule is C=CN(/C=C\C)CCCNC(=O)c1ccc(N(C=C)C=NC)c(C#Cc2ccccc2)c1. The molecule has 0 saturated heterocycles. The monoisotopic (exact) mass is 426 g/mol. The normalized spacial score (nSPS) is 10.4. The lowest BCUT2D eigenvalue weighted by atomic mass is 10.1. The highest BCUT2D eigenvalue weighted by Gasteiger charge is 2.11. The van der Waals surface area contributed by atoms with E-state index in [-0.39, 0.29) is 5.91 Å². The molecule has 5 heteroatoms. The number of amides is 1. The van der Waals surface area contributed by atoms with Gasteiger partial charge < -0.3 is 15.1 Å². The number of benzene rings is 2. The van der Waals surface area contributed by atoms with Crippen molar-refractivity contribution in [3.05, 3.63) is 103 Å². The van der Waals surface area contributed by atoms with E-state index >= 15 is 0 Å². The summed E-state index contributed by atoms with van der Waals surface area (Å²) in [5.74, 6) is 6.22. The molecule has 0 aliphatic rings. The summed E-state index contributed by atoms with van der Waals surface area (Å²) in [7, 11) is 1.69. The van der Waals surface area contributed by atoms with Crippen LogP contribution in [-0.4, -0.2) is 37.3 Å². The molecule has 0 radical (unpaired) electrons. The first-order valence-electron chi connectivity index (χ1n) is 10.5. The predicted molar refractivity (Wildman–Crippen MR) is 135 cm³/mol. The molecule has 2 aromatic rings. The number of carbonyl (C=O) groups excluding carboxylic acids is 1. The Hall–Kier alpha value is -4.04. The molecule has 1 N–H and O–H groups in total. The van der Waals surface area contributed by atoms with Crippen molar-refractivity contribution in [3.63, 3.8) is 0 Å². The molecule has 2 aromatic carbocycles. The summed E-state index contributed by atoms with van der Waals surface area (Å²) in [5, 5.41) is 2.98. The maximum atomic E-state index is 12.7. The molecule has 0 unspecified atom stereocenters. The second-order valence-corrected chi connectivity index (χ2v) is 6.82. The highest BCUT2D eigenvalue weighted by Crippen LogP contribution is 2.21. The lowest BCUT2D eigenvalue weighted by Crippen LogP contribution is -2.27. The third kappa shape index (κ3) is 7.33. The molecule has 0 aromatic heterocycles. The van der Waals surface area contributed by atoms with Crippen molar-refractivity contribution in [3.8, 4) is 11.8 Å². The third-order valence-corrected chi connectivity index (χ3v) is 4.54. The summed E-state index contributed by atoms with van der Waals surface area (Å²) in [4.78, 5) is 20.6. The average Bonchev–Trinajstić information content (AvgIpc) is 2.83. The van der Waals surface area contributed by atoms with Crippen LogP contribution in [0, 0.1) is 11.8 Å². The molecule has 0 fully saturated rings. The van der Waals surface area contributed by atoms with E-state index in [1.54, 1.807) is 42.8 Å². The van der Waals surface area contributed by atoms with Gasteiger partial charge in [0.25, 0.3) is 5.91 Å². The second-order valence-electron chi connectivity index (χ2n) is 6.82. The first kappa shape index (κ1) is 24.2. The highest BCUT2D eigenvalue weighted by atomic mass is 16.1. The van der Waals surface area contributed by atoms with Crippen molar-refractivity contribution in [1.82, 2.24) is 10.2 Å². The molecular formula is C27H30N4O. The number of anilines is 1. The van der Waals surface area contributed by atoms with E-state index in [1.165, 1.54) is 0 Å². The van der Waals surface area contributed by atoms with Crippen molar-refractivity contribution in [1.29, 1.82) is 0 Å². The smallest absolute Gasteiger partial charge is 0.251 e. The van der Waals surface area contributed by atoms with Crippen molar-refractivity contribution in [2.45, 2.75) is 13.3 Å². The second kappa shape index (κ2) is 13.3. The van der Waals surface area contributed by atoms with Crippen molar-refractivity contribution < 1.29 is 4.79 Å². The maximum absolute atomic E-state index is 12.7. The number of hydrogen-bond acceptors (Lipinski definition) is 3. The molecule has 0 aliphatic carbocycles. The fourth-order valence-corrected chi connectivity index (χ4v) is 2.98. The molecule has 0 saturated carbocycles. The minimum Gasteiger partial charge on any atom is -0.355 e. The van der Waals surface area contributed by atoms with E-state index in [0.717, 1.165) is 24.2 Å². The first-order valence-corrected chi connectivity index (χ1v) is 10.5. The van der Waals surface area contributed by atoms with Gasteiger partial charge in [-0.3, -0.25) is 9.79 Å². The minimum atomic E-state index is -0.134. The molecule has 32 heavy (non-hydrogen) atoms. The van der Waals surface area contributed by atoms with Gasteiger partial charge in [-0.15, -0.1) is 0 Å². The van der Waals surface area contributed by atoms with Gasteiger partial charge in [-0.1, -0.05) is 49.3 Å². The summed E-state index contributed by atoms with van der Waals surface area (Å²) in [6.45, 7) is 10.9. The number of aliphatic imine (C=N–C) groups is 1. The molecular weight excluding hydrogens is 396 g/mol. The van der Waals surface area contributed by atoms with Crippen LogP contribution in [0.1, 0.15) is 34.8 Å². The van der Waals surface area contributed by atoms with Crippen molar-refractivity contribution >= 4 is 17.9 Å². The third-order valence-electron chi connectivity index (χ3n) is 4.54. The van der Waals surface area contributed by atoms with Crippen LogP contribution < -0.4 is 10.2 Å². The molecule has 0 aliphatic heterocycles. The Kier molecular flexibility index (Phi) is 10.1. The molecule has 164 valence electrons. The van der Waals surface area contributed by atoms with Gasteiger partial charge in [0, 0.05) is 43.0 Å². The number of nitrogens with one attached hydrogen (secondary N) is 1.